The molecule has 33 heavy (non-hydrogen) atoms. The Hall–Kier alpha value is -3.10. The van der Waals surface area contributed by atoms with E-state index in [2.05, 4.69) is 4.74 Å². The molecule has 7 nitrogen and oxygen atoms in total. The van der Waals surface area contributed by atoms with Gasteiger partial charge in [-0.2, -0.15) is 8.78 Å². The van der Waals surface area contributed by atoms with E-state index in [0.29, 0.717) is 25.3 Å². The van der Waals surface area contributed by atoms with E-state index in [0.717, 1.165) is 18.4 Å². The number of halogens is 2. The van der Waals surface area contributed by atoms with Crippen LogP contribution in [0.5, 0.6) is 5.75 Å². The second kappa shape index (κ2) is 10.2. The number of nitrogens with zero attached hydrogens (tertiary/aromatic N) is 3. The van der Waals surface area contributed by atoms with E-state index in [1.165, 1.54) is 12.1 Å². The lowest BCUT2D eigenvalue weighted by Crippen LogP contribution is -2.42. The zero-order valence-corrected chi connectivity index (χ0v) is 19.5. The Balaban J connectivity index is 1.59. The summed E-state index contributed by atoms with van der Waals surface area (Å²) in [7, 11) is 1.70. The van der Waals surface area contributed by atoms with E-state index >= 15 is 0 Å². The van der Waals surface area contributed by atoms with E-state index in [1.807, 2.05) is 37.6 Å². The van der Waals surface area contributed by atoms with Crippen LogP contribution >= 0.6 is 0 Å². The number of hydrogen-bond donors (Lipinski definition) is 0. The van der Waals surface area contributed by atoms with Crippen molar-refractivity contribution in [2.75, 3.05) is 20.1 Å². The average molecular weight is 464 g/mol. The van der Waals surface area contributed by atoms with Crippen molar-refractivity contribution in [1.29, 1.82) is 0 Å². The number of likely N-dealkylation sites (tertiary alicyclic amines) is 1. The summed E-state index contributed by atoms with van der Waals surface area (Å²) in [5.74, 6) is -0.0585. The molecule has 0 aliphatic carbocycles. The van der Waals surface area contributed by atoms with Gasteiger partial charge in [0.1, 0.15) is 17.0 Å². The molecule has 0 saturated carbocycles. The molecule has 1 aliphatic rings. The number of rotatable bonds is 6. The molecule has 2 aromatic rings. The first-order valence-electron chi connectivity index (χ1n) is 11.0. The molecule has 1 aliphatic heterocycles. The van der Waals surface area contributed by atoms with Crippen LogP contribution in [0.1, 0.15) is 55.7 Å². The minimum absolute atomic E-state index is 0.0781. The molecule has 3 rings (SSSR count). The van der Waals surface area contributed by atoms with Gasteiger partial charge < -0.3 is 23.8 Å². The third-order valence-electron chi connectivity index (χ3n) is 5.42. The fraction of sp³-hybridized carbons (Fsp3) is 0.500. The maximum Gasteiger partial charge on any atom is 0.410 e. The molecule has 0 atom stereocenters. The van der Waals surface area contributed by atoms with E-state index in [-0.39, 0.29) is 23.8 Å². The molecule has 0 N–H and O–H groups in total. The molecule has 0 unspecified atom stereocenters. The van der Waals surface area contributed by atoms with E-state index in [1.54, 1.807) is 35.0 Å². The second-order valence-corrected chi connectivity index (χ2v) is 9.18. The highest BCUT2D eigenvalue weighted by Gasteiger charge is 2.29. The largest absolute Gasteiger partial charge is 0.444 e. The molecule has 180 valence electrons. The monoisotopic (exact) mass is 463 g/mol. The van der Waals surface area contributed by atoms with Crippen molar-refractivity contribution in [3.8, 4) is 5.75 Å². The van der Waals surface area contributed by atoms with Crippen LogP contribution in [-0.2, 0) is 11.3 Å². The smallest absolute Gasteiger partial charge is 0.410 e. The number of benzene rings is 1. The number of ether oxygens (including phenoxy) is 2. The van der Waals surface area contributed by atoms with Crippen molar-refractivity contribution >= 4 is 12.0 Å². The van der Waals surface area contributed by atoms with Crippen LogP contribution in [0.4, 0.5) is 13.6 Å². The van der Waals surface area contributed by atoms with Crippen molar-refractivity contribution < 1.29 is 27.8 Å². The van der Waals surface area contributed by atoms with Crippen molar-refractivity contribution in [2.45, 2.75) is 58.4 Å². The fourth-order valence-electron chi connectivity index (χ4n) is 3.86. The SMILES string of the molecule is CN(Cc1ccc(OC(F)F)cc1)C(=O)c1cccn1C1CCN(C(=O)OC(C)(C)C)CC1. The Morgan fingerprint density at radius 2 is 1.76 bits per heavy atom. The number of carbonyl (C=O) groups is 2. The van der Waals surface area contributed by atoms with Gasteiger partial charge in [0.05, 0.1) is 0 Å². The van der Waals surface area contributed by atoms with Crippen LogP contribution in [0.2, 0.25) is 0 Å². The van der Waals surface area contributed by atoms with Crippen LogP contribution in [0.25, 0.3) is 0 Å². The molecule has 0 radical (unpaired) electrons. The van der Waals surface area contributed by atoms with Crippen molar-refractivity contribution in [3.63, 3.8) is 0 Å². The lowest BCUT2D eigenvalue weighted by atomic mass is 10.0. The van der Waals surface area contributed by atoms with E-state index in [9.17, 15) is 18.4 Å². The first kappa shape index (κ1) is 24.5. The molecule has 0 spiro atoms. The molecule has 2 amide bonds. The second-order valence-electron chi connectivity index (χ2n) is 9.18. The third kappa shape index (κ3) is 6.69. The summed E-state index contributed by atoms with van der Waals surface area (Å²) in [5, 5.41) is 0. The first-order chi connectivity index (χ1) is 15.5. The van der Waals surface area contributed by atoms with Gasteiger partial charge in [-0.3, -0.25) is 4.79 Å². The zero-order valence-electron chi connectivity index (χ0n) is 19.5. The molecule has 1 saturated heterocycles. The predicted octanol–water partition coefficient (Wildman–Crippen LogP) is 4.93. The fourth-order valence-corrected chi connectivity index (χ4v) is 3.86. The standard InChI is InChI=1S/C24H31F2N3O4/c1-24(2,3)33-23(31)28-14-11-18(12-15-28)29-13-5-6-20(29)21(30)27(4)16-17-7-9-19(10-8-17)32-22(25)26/h5-10,13,18,22H,11-12,14-16H2,1-4H3. The van der Waals surface area contributed by atoms with Crippen LogP contribution in [-0.4, -0.2) is 58.7 Å². The third-order valence-corrected chi connectivity index (χ3v) is 5.42. The Morgan fingerprint density at radius 3 is 2.33 bits per heavy atom. The minimum Gasteiger partial charge on any atom is -0.444 e. The maximum absolute atomic E-state index is 13.1. The minimum atomic E-state index is -2.87. The van der Waals surface area contributed by atoms with Gasteiger partial charge in [0.2, 0.25) is 0 Å². The summed E-state index contributed by atoms with van der Waals surface area (Å²) in [6.07, 6.45) is 3.03. The van der Waals surface area contributed by atoms with Gasteiger partial charge in [-0.1, -0.05) is 12.1 Å². The molecular weight excluding hydrogens is 432 g/mol. The number of alkyl halides is 2. The normalized spacial score (nSPS) is 14.9. The summed E-state index contributed by atoms with van der Waals surface area (Å²) in [5.41, 5.74) is 0.844. The molecule has 1 fully saturated rings. The van der Waals surface area contributed by atoms with E-state index in [4.69, 9.17) is 4.74 Å². The Morgan fingerprint density at radius 1 is 1.12 bits per heavy atom. The molecule has 9 heteroatoms. The van der Waals surface area contributed by atoms with Crippen molar-refractivity contribution in [1.82, 2.24) is 14.4 Å². The highest BCUT2D eigenvalue weighted by molar-refractivity contribution is 5.92. The lowest BCUT2D eigenvalue weighted by Gasteiger charge is -2.34. The molecular formula is C24H31F2N3O4. The van der Waals surface area contributed by atoms with Gasteiger partial charge in [0, 0.05) is 38.9 Å². The van der Waals surface area contributed by atoms with Crippen molar-refractivity contribution in [2.24, 2.45) is 0 Å². The van der Waals surface area contributed by atoms with Crippen LogP contribution < -0.4 is 4.74 Å². The molecule has 1 aromatic carbocycles. The highest BCUT2D eigenvalue weighted by atomic mass is 19.3. The topological polar surface area (TPSA) is 64.0 Å². The highest BCUT2D eigenvalue weighted by Crippen LogP contribution is 2.26. The van der Waals surface area contributed by atoms with Gasteiger partial charge in [-0.05, 0) is 63.4 Å². The number of aromatic nitrogens is 1. The van der Waals surface area contributed by atoms with E-state index < -0.39 is 12.2 Å². The number of piperidine rings is 1. The number of hydrogen-bond acceptors (Lipinski definition) is 4. The van der Waals surface area contributed by atoms with Gasteiger partial charge in [-0.25, -0.2) is 4.79 Å². The number of carbonyl (C=O) groups excluding carboxylic acids is 2. The Labute approximate surface area is 192 Å². The summed E-state index contributed by atoms with van der Waals surface area (Å²) < 4.78 is 36.4. The molecule has 0 bridgehead atoms. The average Bonchev–Trinajstić information content (AvgIpc) is 3.23. The quantitative estimate of drug-likeness (QED) is 0.609. The number of amides is 2. The zero-order chi connectivity index (χ0) is 24.2. The van der Waals surface area contributed by atoms with Gasteiger partial charge >= 0.3 is 12.7 Å². The predicted molar refractivity (Wildman–Crippen MR) is 119 cm³/mol. The van der Waals surface area contributed by atoms with Crippen molar-refractivity contribution in [3.05, 3.63) is 53.9 Å². The van der Waals surface area contributed by atoms with Gasteiger partial charge in [0.15, 0.2) is 0 Å². The van der Waals surface area contributed by atoms with Gasteiger partial charge in [0.25, 0.3) is 5.91 Å². The van der Waals surface area contributed by atoms with Crippen LogP contribution in [0, 0.1) is 0 Å². The van der Waals surface area contributed by atoms with Crippen LogP contribution in [0.3, 0.4) is 0 Å². The summed E-state index contributed by atoms with van der Waals surface area (Å²) >= 11 is 0. The van der Waals surface area contributed by atoms with Crippen LogP contribution in [0.15, 0.2) is 42.6 Å². The Bertz CT molecular complexity index is 945. The summed E-state index contributed by atoms with van der Waals surface area (Å²) in [4.78, 5) is 28.7. The Kier molecular flexibility index (Phi) is 7.61. The first-order valence-corrected chi connectivity index (χ1v) is 11.0. The summed E-state index contributed by atoms with van der Waals surface area (Å²) in [6.45, 7) is 4.12. The molecule has 2 heterocycles. The maximum atomic E-state index is 13.1. The summed E-state index contributed by atoms with van der Waals surface area (Å²) in [6, 6.07) is 9.98. The molecule has 1 aromatic heterocycles. The van der Waals surface area contributed by atoms with Gasteiger partial charge in [-0.15, -0.1) is 0 Å². The lowest BCUT2D eigenvalue weighted by molar-refractivity contribution is -0.0498.